The van der Waals surface area contributed by atoms with E-state index in [1.807, 2.05) is 35.4 Å². The quantitative estimate of drug-likeness (QED) is 0.210. The van der Waals surface area contributed by atoms with Gasteiger partial charge < -0.3 is 24.3 Å². The number of fused-ring (bicyclic) bond motifs is 1. The Balaban J connectivity index is 0.899. The molecule has 5 heterocycles. The van der Waals surface area contributed by atoms with Gasteiger partial charge in [0.25, 0.3) is 5.56 Å². The van der Waals surface area contributed by atoms with E-state index in [0.717, 1.165) is 79.9 Å². The first-order chi connectivity index (χ1) is 25.2. The Morgan fingerprint density at radius 2 is 1.60 bits per heavy atom. The first-order valence-electron chi connectivity index (χ1n) is 17.9. The third-order valence-electron chi connectivity index (χ3n) is 10.7. The van der Waals surface area contributed by atoms with Gasteiger partial charge in [0.15, 0.2) is 0 Å². The lowest BCUT2D eigenvalue weighted by atomic mass is 9.89. The molecule has 4 aromatic rings. The monoisotopic (exact) mass is 710 g/mol. The zero-order chi connectivity index (χ0) is 36.4. The number of H-pyrrole nitrogens is 1. The molecule has 3 aliphatic rings. The van der Waals surface area contributed by atoms with Crippen molar-refractivity contribution >= 4 is 34.3 Å². The minimum atomic E-state index is -0.402. The number of hydrogen-bond donors (Lipinski definition) is 3. The maximum absolute atomic E-state index is 13.3. The minimum absolute atomic E-state index is 0.139. The largest absolute Gasteiger partial charge is 0.496 e. The molecule has 1 unspecified atom stereocenters. The van der Waals surface area contributed by atoms with Crippen LogP contribution in [0.3, 0.4) is 0 Å². The van der Waals surface area contributed by atoms with Crippen LogP contribution in [0.25, 0.3) is 22.0 Å². The van der Waals surface area contributed by atoms with Crippen molar-refractivity contribution in [1.82, 2.24) is 34.8 Å². The van der Waals surface area contributed by atoms with Gasteiger partial charge in [-0.2, -0.15) is 5.10 Å². The highest BCUT2D eigenvalue weighted by Crippen LogP contribution is 2.38. The van der Waals surface area contributed by atoms with Crippen LogP contribution < -0.4 is 25.7 Å². The molecule has 0 saturated carbocycles. The second-order valence-corrected chi connectivity index (χ2v) is 14.0. The molecule has 52 heavy (non-hydrogen) atoms. The number of piperazine rings is 1. The zero-order valence-electron chi connectivity index (χ0n) is 29.9. The molecule has 3 aliphatic heterocycles. The predicted octanol–water partition coefficient (Wildman–Crippen LogP) is 2.69. The summed E-state index contributed by atoms with van der Waals surface area (Å²) in [5.74, 6) is 1.48. The fraction of sp³-hybridized carbons (Fsp3) is 0.447. The van der Waals surface area contributed by atoms with E-state index in [1.54, 1.807) is 32.0 Å². The van der Waals surface area contributed by atoms with Crippen LogP contribution in [0.4, 0.5) is 5.69 Å². The molecule has 14 heteroatoms. The summed E-state index contributed by atoms with van der Waals surface area (Å²) in [5.41, 5.74) is 5.08. The number of ether oxygens (including phenoxy) is 2. The van der Waals surface area contributed by atoms with Crippen molar-refractivity contribution in [2.75, 3.05) is 65.3 Å². The summed E-state index contributed by atoms with van der Waals surface area (Å²) in [6.07, 6.45) is 6.13. The van der Waals surface area contributed by atoms with Gasteiger partial charge in [-0.15, -0.1) is 0 Å². The van der Waals surface area contributed by atoms with E-state index in [4.69, 9.17) is 9.47 Å². The standard InChI is InChI=1S/C38H46N8O6/c1-43-21-29(28-20-39-42-36(28)38(43)50)26-18-32(51-2)30(33(19-26)52-3)22-44-14-16-45(17-15-44)23-35(48)46-12-10-25(11-13-46)24-4-6-27(7-5-24)40-31-8-9-34(47)41-37(31)49/h4-7,18-21,25,31,40H,8-17,22-23H2,1-3H3,(H,39,42)(H,41,47,49). The molecule has 3 N–H and O–H groups in total. The average Bonchev–Trinajstić information content (AvgIpc) is 3.66. The van der Waals surface area contributed by atoms with Gasteiger partial charge in [-0.05, 0) is 60.6 Å². The molecule has 0 bridgehead atoms. The predicted molar refractivity (Wildman–Crippen MR) is 196 cm³/mol. The first kappa shape index (κ1) is 35.2. The van der Waals surface area contributed by atoms with Crippen molar-refractivity contribution < 1.29 is 23.9 Å². The number of amides is 3. The zero-order valence-corrected chi connectivity index (χ0v) is 29.9. The van der Waals surface area contributed by atoms with Crippen LogP contribution in [0.1, 0.15) is 42.7 Å². The topological polar surface area (TPSA) is 154 Å². The van der Waals surface area contributed by atoms with Crippen LogP contribution in [0.5, 0.6) is 11.5 Å². The number of piperidine rings is 2. The van der Waals surface area contributed by atoms with Crippen molar-refractivity contribution in [1.29, 1.82) is 0 Å². The Kier molecular flexibility index (Phi) is 10.3. The number of nitrogens with zero attached hydrogens (tertiary/aromatic N) is 5. The normalized spacial score (nSPS) is 19.1. The first-order valence-corrected chi connectivity index (χ1v) is 17.9. The highest BCUT2D eigenvalue weighted by molar-refractivity contribution is 6.01. The van der Waals surface area contributed by atoms with E-state index >= 15 is 0 Å². The molecule has 0 spiro atoms. The van der Waals surface area contributed by atoms with Crippen molar-refractivity contribution in [2.45, 2.75) is 44.2 Å². The SMILES string of the molecule is COc1cc(-c2cn(C)c(=O)c3[nH]ncc23)cc(OC)c1CN1CCN(CC(=O)N2CCC(c3ccc(NC4CCC(=O)NC4=O)cc3)CC2)CC1. The van der Waals surface area contributed by atoms with Crippen LogP contribution in [0.2, 0.25) is 0 Å². The summed E-state index contributed by atoms with van der Waals surface area (Å²) >= 11 is 0. The summed E-state index contributed by atoms with van der Waals surface area (Å²) in [5, 5.41) is 13.3. The molecule has 3 saturated heterocycles. The van der Waals surface area contributed by atoms with E-state index in [2.05, 4.69) is 42.8 Å². The molecule has 1 atom stereocenters. The lowest BCUT2D eigenvalue weighted by Crippen LogP contribution is -2.50. The lowest BCUT2D eigenvalue weighted by molar-refractivity contribution is -0.134. The second-order valence-electron chi connectivity index (χ2n) is 14.0. The van der Waals surface area contributed by atoms with E-state index in [-0.39, 0.29) is 23.3 Å². The second kappa shape index (κ2) is 15.2. The van der Waals surface area contributed by atoms with Crippen molar-refractivity contribution in [3.63, 3.8) is 0 Å². The summed E-state index contributed by atoms with van der Waals surface area (Å²) in [6.45, 7) is 5.75. The van der Waals surface area contributed by atoms with Gasteiger partial charge in [-0.1, -0.05) is 12.1 Å². The molecule has 0 radical (unpaired) electrons. The van der Waals surface area contributed by atoms with E-state index < -0.39 is 6.04 Å². The number of carbonyl (C=O) groups excluding carboxylic acids is 3. The van der Waals surface area contributed by atoms with Crippen molar-refractivity contribution in [3.8, 4) is 22.6 Å². The average molecular weight is 711 g/mol. The molecule has 3 amide bonds. The highest BCUT2D eigenvalue weighted by Gasteiger charge is 2.29. The van der Waals surface area contributed by atoms with E-state index in [1.165, 1.54) is 5.56 Å². The third kappa shape index (κ3) is 7.39. The summed E-state index contributed by atoms with van der Waals surface area (Å²) in [7, 11) is 5.03. The maximum atomic E-state index is 13.3. The number of carbonyl (C=O) groups is 3. The van der Waals surface area contributed by atoms with Crippen LogP contribution in [-0.4, -0.2) is 113 Å². The Morgan fingerprint density at radius 3 is 2.25 bits per heavy atom. The van der Waals surface area contributed by atoms with Crippen molar-refractivity contribution in [2.24, 2.45) is 7.05 Å². The number of aromatic nitrogens is 3. The summed E-state index contributed by atoms with van der Waals surface area (Å²) in [6, 6.07) is 11.7. The van der Waals surface area contributed by atoms with Gasteiger partial charge in [0.2, 0.25) is 17.7 Å². The summed E-state index contributed by atoms with van der Waals surface area (Å²) < 4.78 is 13.3. The van der Waals surface area contributed by atoms with Gasteiger partial charge in [-0.25, -0.2) is 0 Å². The molecule has 274 valence electrons. The number of imide groups is 1. The number of nitrogens with one attached hydrogen (secondary N) is 3. The van der Waals surface area contributed by atoms with Gasteiger partial charge in [-0.3, -0.25) is 39.4 Å². The fourth-order valence-electron chi connectivity index (χ4n) is 7.64. The maximum Gasteiger partial charge on any atom is 0.276 e. The Labute approximate surface area is 302 Å². The van der Waals surface area contributed by atoms with Gasteiger partial charge in [0, 0.05) is 82.1 Å². The van der Waals surface area contributed by atoms with E-state index in [0.29, 0.717) is 48.9 Å². The fourth-order valence-corrected chi connectivity index (χ4v) is 7.64. The number of benzene rings is 2. The third-order valence-corrected chi connectivity index (χ3v) is 10.7. The van der Waals surface area contributed by atoms with Gasteiger partial charge in [0.1, 0.15) is 23.1 Å². The molecular weight excluding hydrogens is 664 g/mol. The number of pyridine rings is 1. The van der Waals surface area contributed by atoms with Crippen molar-refractivity contribution in [3.05, 3.63) is 70.3 Å². The number of anilines is 1. The lowest BCUT2D eigenvalue weighted by Gasteiger charge is -2.37. The van der Waals surface area contributed by atoms with Crippen LogP contribution in [0, 0.1) is 0 Å². The molecule has 7 rings (SSSR count). The Morgan fingerprint density at radius 1 is 0.923 bits per heavy atom. The number of hydrogen-bond acceptors (Lipinski definition) is 10. The van der Waals surface area contributed by atoms with Crippen LogP contribution in [-0.2, 0) is 28.0 Å². The Hall–Kier alpha value is -5.21. The number of likely N-dealkylation sites (tertiary alicyclic amines) is 1. The van der Waals surface area contributed by atoms with Crippen LogP contribution >= 0.6 is 0 Å². The number of aryl methyl sites for hydroxylation is 1. The van der Waals surface area contributed by atoms with Gasteiger partial charge >= 0.3 is 0 Å². The minimum Gasteiger partial charge on any atom is -0.496 e. The van der Waals surface area contributed by atoms with Gasteiger partial charge in [0.05, 0.1) is 32.5 Å². The molecular formula is C38H46N8O6. The molecule has 2 aromatic heterocycles. The van der Waals surface area contributed by atoms with E-state index in [9.17, 15) is 19.2 Å². The molecule has 14 nitrogen and oxygen atoms in total. The summed E-state index contributed by atoms with van der Waals surface area (Å²) in [4.78, 5) is 56.0. The Bertz CT molecular complexity index is 1980. The van der Waals surface area contributed by atoms with Crippen LogP contribution in [0.15, 0.2) is 53.6 Å². The number of methoxy groups -OCH3 is 2. The molecule has 0 aliphatic carbocycles. The number of aromatic amines is 1. The molecule has 3 fully saturated rings. The number of rotatable bonds is 10. The highest BCUT2D eigenvalue weighted by atomic mass is 16.5. The molecule has 2 aromatic carbocycles. The smallest absolute Gasteiger partial charge is 0.276 e.